The zero-order valence-electron chi connectivity index (χ0n) is 11.6. The van der Waals surface area contributed by atoms with Crippen LogP contribution < -0.4 is 5.73 Å². The summed E-state index contributed by atoms with van der Waals surface area (Å²) in [5.41, 5.74) is 11.9. The van der Waals surface area contributed by atoms with Crippen molar-refractivity contribution in [1.29, 1.82) is 0 Å². The summed E-state index contributed by atoms with van der Waals surface area (Å²) in [5.74, 6) is 0.458. The second kappa shape index (κ2) is 4.59. The molecule has 20 heavy (non-hydrogen) atoms. The van der Waals surface area contributed by atoms with Gasteiger partial charge in [-0.1, -0.05) is 15.9 Å². The third kappa shape index (κ3) is 1.98. The van der Waals surface area contributed by atoms with Crippen molar-refractivity contribution in [2.24, 2.45) is 0 Å². The average molecular weight is 331 g/mol. The Morgan fingerprint density at radius 2 is 1.70 bits per heavy atom. The fourth-order valence-electron chi connectivity index (χ4n) is 2.38. The minimum atomic E-state index is 0.458. The highest BCUT2D eigenvalue weighted by Gasteiger charge is 2.13. The molecule has 0 bridgehead atoms. The van der Waals surface area contributed by atoms with Crippen molar-refractivity contribution in [3.05, 3.63) is 45.6 Å². The second-order valence-electron chi connectivity index (χ2n) is 4.99. The predicted molar refractivity (Wildman–Crippen MR) is 85.2 cm³/mol. The molecule has 2 aromatic heterocycles. The number of aryl methyl sites for hydroxylation is 3. The predicted octanol–water partition coefficient (Wildman–Crippen LogP) is 3.69. The highest BCUT2D eigenvalue weighted by molar-refractivity contribution is 9.10. The van der Waals surface area contributed by atoms with Crippen LogP contribution in [0.1, 0.15) is 16.8 Å². The highest BCUT2D eigenvalue weighted by atomic mass is 79.9. The maximum atomic E-state index is 6.07. The number of halogens is 1. The molecule has 1 aromatic carbocycles. The summed E-state index contributed by atoms with van der Waals surface area (Å²) in [6.45, 7) is 6.09. The Bertz CT molecular complexity index is 797. The van der Waals surface area contributed by atoms with Gasteiger partial charge in [0, 0.05) is 10.2 Å². The van der Waals surface area contributed by atoms with E-state index in [9.17, 15) is 0 Å². The third-order valence-electron chi connectivity index (χ3n) is 3.35. The Balaban J connectivity index is 2.34. The fourth-order valence-corrected chi connectivity index (χ4v) is 2.61. The summed E-state index contributed by atoms with van der Waals surface area (Å²) >= 11 is 3.58. The van der Waals surface area contributed by atoms with Crippen molar-refractivity contribution in [2.45, 2.75) is 20.8 Å². The number of benzene rings is 1. The first-order valence-corrected chi connectivity index (χ1v) is 7.15. The quantitative estimate of drug-likeness (QED) is 0.740. The molecule has 0 fully saturated rings. The summed E-state index contributed by atoms with van der Waals surface area (Å²) in [7, 11) is 0. The first-order chi connectivity index (χ1) is 9.47. The van der Waals surface area contributed by atoms with E-state index in [2.05, 4.69) is 51.9 Å². The molecule has 0 aliphatic heterocycles. The zero-order chi connectivity index (χ0) is 14.4. The smallest absolute Gasteiger partial charge is 0.207 e. The van der Waals surface area contributed by atoms with Crippen LogP contribution in [-0.2, 0) is 0 Å². The van der Waals surface area contributed by atoms with E-state index in [0.29, 0.717) is 5.95 Å². The molecule has 2 heterocycles. The van der Waals surface area contributed by atoms with E-state index in [4.69, 9.17) is 5.73 Å². The van der Waals surface area contributed by atoms with Gasteiger partial charge in [0.15, 0.2) is 5.65 Å². The zero-order valence-corrected chi connectivity index (χ0v) is 13.2. The first-order valence-electron chi connectivity index (χ1n) is 6.36. The molecule has 0 saturated carbocycles. The van der Waals surface area contributed by atoms with Crippen molar-refractivity contribution in [3.63, 3.8) is 0 Å². The number of anilines is 1. The van der Waals surface area contributed by atoms with Gasteiger partial charge in [-0.25, -0.2) is 9.97 Å². The maximum Gasteiger partial charge on any atom is 0.207 e. The number of hydrogen-bond donors (Lipinski definition) is 1. The Kier molecular flexibility index (Phi) is 3.01. The van der Waals surface area contributed by atoms with Gasteiger partial charge in [0.1, 0.15) is 5.52 Å². The van der Waals surface area contributed by atoms with E-state index in [1.807, 2.05) is 23.6 Å². The fraction of sp³-hybridized carbons (Fsp3) is 0.200. The molecule has 102 valence electrons. The second-order valence-corrected chi connectivity index (χ2v) is 5.79. The number of nitrogen functional groups attached to an aromatic ring is 1. The summed E-state index contributed by atoms with van der Waals surface area (Å²) in [6, 6.07) is 8.05. The Labute approximate surface area is 125 Å². The van der Waals surface area contributed by atoms with E-state index < -0.39 is 0 Å². The number of imidazole rings is 1. The van der Waals surface area contributed by atoms with Crippen molar-refractivity contribution in [1.82, 2.24) is 14.5 Å². The van der Waals surface area contributed by atoms with E-state index in [1.165, 1.54) is 0 Å². The lowest BCUT2D eigenvalue weighted by Crippen LogP contribution is -2.03. The van der Waals surface area contributed by atoms with E-state index in [1.54, 1.807) is 0 Å². The topological polar surface area (TPSA) is 56.7 Å². The van der Waals surface area contributed by atoms with Crippen LogP contribution >= 0.6 is 15.9 Å². The van der Waals surface area contributed by atoms with Crippen molar-refractivity contribution in [3.8, 4) is 5.69 Å². The van der Waals surface area contributed by atoms with Crippen molar-refractivity contribution < 1.29 is 0 Å². The van der Waals surface area contributed by atoms with Crippen LogP contribution in [0.5, 0.6) is 0 Å². The van der Waals surface area contributed by atoms with Crippen LogP contribution in [0.15, 0.2) is 28.7 Å². The monoisotopic (exact) mass is 330 g/mol. The van der Waals surface area contributed by atoms with E-state index in [-0.39, 0.29) is 0 Å². The highest BCUT2D eigenvalue weighted by Crippen LogP contribution is 2.28. The number of nitrogens with zero attached hydrogens (tertiary/aromatic N) is 3. The summed E-state index contributed by atoms with van der Waals surface area (Å²) < 4.78 is 3.02. The lowest BCUT2D eigenvalue weighted by Gasteiger charge is -2.10. The molecule has 0 amide bonds. The van der Waals surface area contributed by atoms with Gasteiger partial charge in [-0.15, -0.1) is 0 Å². The van der Waals surface area contributed by atoms with Crippen LogP contribution in [0, 0.1) is 20.8 Å². The van der Waals surface area contributed by atoms with Crippen LogP contribution in [0.4, 0.5) is 5.95 Å². The molecule has 0 radical (unpaired) electrons. The van der Waals surface area contributed by atoms with Crippen LogP contribution in [0.2, 0.25) is 0 Å². The molecule has 0 aliphatic carbocycles. The van der Waals surface area contributed by atoms with Gasteiger partial charge in [0.2, 0.25) is 5.95 Å². The number of nitrogens with two attached hydrogens (primary N) is 1. The number of fused-ring (bicyclic) bond motifs is 1. The summed E-state index contributed by atoms with van der Waals surface area (Å²) in [6.07, 6.45) is 0. The van der Waals surface area contributed by atoms with Gasteiger partial charge in [0.25, 0.3) is 0 Å². The lowest BCUT2D eigenvalue weighted by atomic mass is 10.1. The molecule has 5 heteroatoms. The lowest BCUT2D eigenvalue weighted by molar-refractivity contribution is 1.06. The molecule has 0 atom stereocenters. The molecule has 0 spiro atoms. The SMILES string of the molecule is Cc1ccc2nc(N)n(-c3cc(C)c(Br)c(C)c3)c2n1. The largest absolute Gasteiger partial charge is 0.369 e. The number of pyridine rings is 1. The summed E-state index contributed by atoms with van der Waals surface area (Å²) in [4.78, 5) is 8.94. The van der Waals surface area contributed by atoms with E-state index in [0.717, 1.165) is 38.1 Å². The van der Waals surface area contributed by atoms with Gasteiger partial charge < -0.3 is 5.73 Å². The van der Waals surface area contributed by atoms with E-state index >= 15 is 0 Å². The first kappa shape index (κ1) is 13.1. The number of rotatable bonds is 1. The van der Waals surface area contributed by atoms with Crippen LogP contribution in [0.25, 0.3) is 16.9 Å². The van der Waals surface area contributed by atoms with Gasteiger partial charge in [-0.2, -0.15) is 0 Å². The summed E-state index contributed by atoms with van der Waals surface area (Å²) in [5, 5.41) is 0. The van der Waals surface area contributed by atoms with Crippen LogP contribution in [0.3, 0.4) is 0 Å². The minimum absolute atomic E-state index is 0.458. The molecule has 3 aromatic rings. The molecular weight excluding hydrogens is 316 g/mol. The van der Waals surface area contributed by atoms with Crippen molar-refractivity contribution >= 4 is 33.0 Å². The Hall–Kier alpha value is -1.88. The van der Waals surface area contributed by atoms with Gasteiger partial charge in [-0.05, 0) is 56.2 Å². The Morgan fingerprint density at radius 1 is 1.05 bits per heavy atom. The third-order valence-corrected chi connectivity index (χ3v) is 4.60. The number of aromatic nitrogens is 3. The number of hydrogen-bond acceptors (Lipinski definition) is 3. The molecule has 0 aliphatic rings. The molecule has 0 saturated heterocycles. The van der Waals surface area contributed by atoms with Crippen LogP contribution in [-0.4, -0.2) is 14.5 Å². The molecule has 2 N–H and O–H groups in total. The van der Waals surface area contributed by atoms with Gasteiger partial charge in [0.05, 0.1) is 5.69 Å². The molecular formula is C15H15BrN4. The van der Waals surface area contributed by atoms with Gasteiger partial charge in [-0.3, -0.25) is 4.57 Å². The Morgan fingerprint density at radius 3 is 2.35 bits per heavy atom. The molecule has 4 nitrogen and oxygen atoms in total. The average Bonchev–Trinajstić information content (AvgIpc) is 2.70. The molecule has 0 unspecified atom stereocenters. The standard InChI is InChI=1S/C15H15BrN4/c1-8-6-11(7-9(2)13(8)16)20-14-12(19-15(20)17)5-4-10(3)18-14/h4-7H,1-3H3,(H2,17,19). The maximum absolute atomic E-state index is 6.07. The molecule has 3 rings (SSSR count). The van der Waals surface area contributed by atoms with Crippen molar-refractivity contribution in [2.75, 3.05) is 5.73 Å². The normalized spacial score (nSPS) is 11.2. The van der Waals surface area contributed by atoms with Gasteiger partial charge >= 0.3 is 0 Å². The minimum Gasteiger partial charge on any atom is -0.369 e.